The minimum Gasteiger partial charge on any atom is -0.394 e. The molecule has 0 unspecified atom stereocenters. The molecule has 1 aromatic carbocycles. The van der Waals surface area contributed by atoms with Crippen molar-refractivity contribution in [2.75, 3.05) is 18.6 Å². The number of aromatic nitrogens is 2. The molecule has 156 valence electrons. The third kappa shape index (κ3) is 3.50. The van der Waals surface area contributed by atoms with Crippen LogP contribution in [0.25, 0.3) is 16.6 Å². The molecule has 2 heterocycles. The topological polar surface area (TPSA) is 113 Å². The van der Waals surface area contributed by atoms with Crippen molar-refractivity contribution in [2.24, 2.45) is 5.73 Å². The highest BCUT2D eigenvalue weighted by Gasteiger charge is 2.47. The number of aliphatic hydroxyl groups excluding tert-OH is 1. The van der Waals surface area contributed by atoms with E-state index in [0.717, 1.165) is 35.0 Å². The van der Waals surface area contributed by atoms with Crippen molar-refractivity contribution >= 4 is 23.0 Å². The number of fused-ring (bicyclic) bond motifs is 1. The first kappa shape index (κ1) is 19.9. The van der Waals surface area contributed by atoms with Gasteiger partial charge in [-0.25, -0.2) is 4.52 Å². The third-order valence-electron chi connectivity index (χ3n) is 5.85. The van der Waals surface area contributed by atoms with Crippen LogP contribution in [-0.4, -0.2) is 45.7 Å². The molecular formula is C22H25N5O3. The van der Waals surface area contributed by atoms with Gasteiger partial charge in [-0.3, -0.25) is 9.59 Å². The van der Waals surface area contributed by atoms with E-state index < -0.39 is 5.91 Å². The number of carbonyl (C=O) groups is 2. The fourth-order valence-corrected chi connectivity index (χ4v) is 3.80. The first-order valence-corrected chi connectivity index (χ1v) is 9.84. The smallest absolute Gasteiger partial charge is 0.252 e. The summed E-state index contributed by atoms with van der Waals surface area (Å²) in [5, 5.41) is 17.1. The predicted molar refractivity (Wildman–Crippen MR) is 114 cm³/mol. The van der Waals surface area contributed by atoms with Crippen LogP contribution in [0, 0.1) is 0 Å². The monoisotopic (exact) mass is 407 g/mol. The lowest BCUT2D eigenvalue weighted by Crippen LogP contribution is -2.38. The van der Waals surface area contributed by atoms with E-state index in [1.807, 2.05) is 48.5 Å². The van der Waals surface area contributed by atoms with Crippen molar-refractivity contribution in [3.8, 4) is 11.1 Å². The average Bonchev–Trinajstić information content (AvgIpc) is 3.42. The molecule has 1 aliphatic rings. The van der Waals surface area contributed by atoms with E-state index in [2.05, 4.69) is 10.4 Å². The zero-order valence-electron chi connectivity index (χ0n) is 17.1. The number of amides is 2. The number of benzene rings is 1. The molecule has 0 spiro atoms. The Labute approximate surface area is 174 Å². The van der Waals surface area contributed by atoms with Crippen molar-refractivity contribution in [1.82, 2.24) is 14.9 Å². The molecule has 4 N–H and O–H groups in total. The van der Waals surface area contributed by atoms with Gasteiger partial charge in [-0.05, 0) is 36.1 Å². The summed E-state index contributed by atoms with van der Waals surface area (Å²) in [6.07, 6.45) is 5.08. The molecule has 2 amide bonds. The van der Waals surface area contributed by atoms with E-state index in [4.69, 9.17) is 5.73 Å². The van der Waals surface area contributed by atoms with E-state index in [1.165, 1.54) is 13.1 Å². The van der Waals surface area contributed by atoms with Crippen LogP contribution in [0.15, 0.2) is 42.7 Å². The van der Waals surface area contributed by atoms with Gasteiger partial charge in [0.2, 0.25) is 5.91 Å². The maximum atomic E-state index is 12.1. The van der Waals surface area contributed by atoms with Crippen molar-refractivity contribution in [1.29, 1.82) is 0 Å². The van der Waals surface area contributed by atoms with Gasteiger partial charge in [0.25, 0.3) is 5.91 Å². The SMILES string of the molecule is CC(=O)NCc1cccc(-c2cc3c(N(C)C4(CO)CC4)c(C(N)=O)cnn3c2)c1. The number of likely N-dealkylation sites (N-methyl/N-ethyl adjacent to an activating group) is 1. The lowest BCUT2D eigenvalue weighted by molar-refractivity contribution is -0.119. The molecule has 0 aliphatic heterocycles. The first-order valence-electron chi connectivity index (χ1n) is 9.84. The molecule has 2 aromatic heterocycles. The van der Waals surface area contributed by atoms with Gasteiger partial charge in [-0.2, -0.15) is 5.10 Å². The van der Waals surface area contributed by atoms with Gasteiger partial charge in [0.15, 0.2) is 0 Å². The molecule has 3 aromatic rings. The normalized spacial score (nSPS) is 14.5. The lowest BCUT2D eigenvalue weighted by atomic mass is 10.0. The number of nitrogens with one attached hydrogen (secondary N) is 1. The Morgan fingerprint density at radius 1 is 1.30 bits per heavy atom. The summed E-state index contributed by atoms with van der Waals surface area (Å²) in [4.78, 5) is 25.3. The highest BCUT2D eigenvalue weighted by atomic mass is 16.3. The van der Waals surface area contributed by atoms with Crippen LogP contribution in [-0.2, 0) is 11.3 Å². The maximum absolute atomic E-state index is 12.1. The Balaban J connectivity index is 1.80. The molecular weight excluding hydrogens is 382 g/mol. The first-order chi connectivity index (χ1) is 14.3. The van der Waals surface area contributed by atoms with Crippen LogP contribution < -0.4 is 16.0 Å². The molecule has 0 radical (unpaired) electrons. The Kier molecular flexibility index (Phi) is 4.95. The molecule has 8 nitrogen and oxygen atoms in total. The molecule has 4 rings (SSSR count). The van der Waals surface area contributed by atoms with Crippen LogP contribution in [0.4, 0.5) is 5.69 Å². The summed E-state index contributed by atoms with van der Waals surface area (Å²) in [6.45, 7) is 1.95. The van der Waals surface area contributed by atoms with Gasteiger partial charge in [0, 0.05) is 32.3 Å². The zero-order chi connectivity index (χ0) is 21.5. The predicted octanol–water partition coefficient (Wildman–Crippen LogP) is 1.70. The van der Waals surface area contributed by atoms with E-state index in [-0.39, 0.29) is 18.1 Å². The van der Waals surface area contributed by atoms with Crippen LogP contribution >= 0.6 is 0 Å². The fourth-order valence-electron chi connectivity index (χ4n) is 3.80. The lowest BCUT2D eigenvalue weighted by Gasteiger charge is -2.30. The molecule has 0 saturated heterocycles. The highest BCUT2D eigenvalue weighted by molar-refractivity contribution is 6.03. The van der Waals surface area contributed by atoms with Crippen LogP contribution in [0.5, 0.6) is 0 Å². The minimum atomic E-state index is -0.555. The number of primary amides is 1. The number of nitrogens with zero attached hydrogens (tertiary/aromatic N) is 3. The summed E-state index contributed by atoms with van der Waals surface area (Å²) in [5.74, 6) is -0.635. The van der Waals surface area contributed by atoms with E-state index in [0.29, 0.717) is 17.8 Å². The van der Waals surface area contributed by atoms with Gasteiger partial charge >= 0.3 is 0 Å². The molecule has 1 aliphatic carbocycles. The van der Waals surface area contributed by atoms with Gasteiger partial charge in [-0.15, -0.1) is 0 Å². The van der Waals surface area contributed by atoms with Crippen LogP contribution in [0.2, 0.25) is 0 Å². The molecule has 1 saturated carbocycles. The highest BCUT2D eigenvalue weighted by Crippen LogP contribution is 2.45. The summed E-state index contributed by atoms with van der Waals surface area (Å²) < 4.78 is 1.72. The molecule has 8 heteroatoms. The quantitative estimate of drug-likeness (QED) is 0.552. The van der Waals surface area contributed by atoms with Crippen molar-refractivity contribution in [3.63, 3.8) is 0 Å². The Hall–Kier alpha value is -3.39. The number of rotatable bonds is 7. The fraction of sp³-hybridized carbons (Fsp3) is 0.318. The number of carbonyl (C=O) groups excluding carboxylic acids is 2. The largest absolute Gasteiger partial charge is 0.394 e. The van der Waals surface area contributed by atoms with Gasteiger partial charge < -0.3 is 21.1 Å². The minimum absolute atomic E-state index is 0.00887. The van der Waals surface area contributed by atoms with E-state index in [9.17, 15) is 14.7 Å². The molecule has 0 atom stereocenters. The van der Waals surface area contributed by atoms with Gasteiger partial charge in [0.1, 0.15) is 0 Å². The zero-order valence-corrected chi connectivity index (χ0v) is 17.1. The Morgan fingerprint density at radius 3 is 2.70 bits per heavy atom. The second kappa shape index (κ2) is 7.46. The second-order valence-corrected chi connectivity index (χ2v) is 7.88. The van der Waals surface area contributed by atoms with E-state index in [1.54, 1.807) is 4.52 Å². The number of hydrogen-bond acceptors (Lipinski definition) is 5. The summed E-state index contributed by atoms with van der Waals surface area (Å²) in [5.41, 5.74) is 9.90. The summed E-state index contributed by atoms with van der Waals surface area (Å²) in [6, 6.07) is 9.86. The Bertz CT molecular complexity index is 1130. The van der Waals surface area contributed by atoms with Crippen LogP contribution in [0.3, 0.4) is 0 Å². The number of hydrogen-bond donors (Lipinski definition) is 3. The molecule has 1 fully saturated rings. The third-order valence-corrected chi connectivity index (χ3v) is 5.85. The standard InChI is InChI=1S/C22H25N5O3/c1-14(29)24-10-15-4-3-5-16(8-15)17-9-19-20(26(2)22(13-28)6-7-22)18(21(23)30)11-25-27(19)12-17/h3-5,8-9,11-12,28H,6-7,10,13H2,1-2H3,(H2,23,30)(H,24,29). The van der Waals surface area contributed by atoms with Gasteiger partial charge in [0.05, 0.1) is 35.1 Å². The van der Waals surface area contributed by atoms with Crippen molar-refractivity contribution in [3.05, 3.63) is 53.9 Å². The Morgan fingerprint density at radius 2 is 2.07 bits per heavy atom. The van der Waals surface area contributed by atoms with Gasteiger partial charge in [-0.1, -0.05) is 18.2 Å². The number of aliphatic hydroxyl groups is 1. The summed E-state index contributed by atoms with van der Waals surface area (Å²) >= 11 is 0. The van der Waals surface area contributed by atoms with Crippen molar-refractivity contribution in [2.45, 2.75) is 31.8 Å². The van der Waals surface area contributed by atoms with Crippen LogP contribution in [0.1, 0.15) is 35.7 Å². The molecule has 30 heavy (non-hydrogen) atoms. The molecule has 0 bridgehead atoms. The number of nitrogens with two attached hydrogens (primary N) is 1. The van der Waals surface area contributed by atoms with E-state index >= 15 is 0 Å². The summed E-state index contributed by atoms with van der Waals surface area (Å²) in [7, 11) is 1.88. The number of anilines is 1. The van der Waals surface area contributed by atoms with Crippen molar-refractivity contribution < 1.29 is 14.7 Å². The average molecular weight is 407 g/mol. The maximum Gasteiger partial charge on any atom is 0.252 e. The second-order valence-electron chi connectivity index (χ2n) is 7.88.